The molecule has 21 heavy (non-hydrogen) atoms. The van der Waals surface area contributed by atoms with E-state index in [0.29, 0.717) is 0 Å². The molecule has 3 nitrogen and oxygen atoms in total. The summed E-state index contributed by atoms with van der Waals surface area (Å²) in [6.07, 6.45) is 6.78. The molecule has 0 bridgehead atoms. The molecule has 0 saturated heterocycles. The highest BCUT2D eigenvalue weighted by Gasteiger charge is 2.23. The molecule has 4 heteroatoms. The van der Waals surface area contributed by atoms with Crippen molar-refractivity contribution in [3.63, 3.8) is 0 Å². The summed E-state index contributed by atoms with van der Waals surface area (Å²) in [5, 5.41) is 1.20. The molecule has 4 rings (SSSR count). The average molecular weight is 296 g/mol. The monoisotopic (exact) mass is 296 g/mol. The first-order valence-electron chi connectivity index (χ1n) is 7.45. The van der Waals surface area contributed by atoms with Crippen LogP contribution in [0, 0.1) is 0 Å². The fourth-order valence-electron chi connectivity index (χ4n) is 3.14. The molecule has 0 fully saturated rings. The van der Waals surface area contributed by atoms with Crippen LogP contribution >= 0.6 is 11.3 Å². The minimum Gasteiger partial charge on any atom is -0.318 e. The molecule has 2 aromatic heterocycles. The van der Waals surface area contributed by atoms with Crippen LogP contribution in [0.15, 0.2) is 36.7 Å². The number of benzene rings is 1. The van der Waals surface area contributed by atoms with Gasteiger partial charge in [0, 0.05) is 4.88 Å². The quantitative estimate of drug-likeness (QED) is 0.738. The van der Waals surface area contributed by atoms with Gasteiger partial charge in [0.15, 0.2) is 0 Å². The van der Waals surface area contributed by atoms with Crippen molar-refractivity contribution < 1.29 is 4.57 Å². The van der Waals surface area contributed by atoms with E-state index in [2.05, 4.69) is 33.8 Å². The smallest absolute Gasteiger partial charge is 0.231 e. The van der Waals surface area contributed by atoms with Gasteiger partial charge < -0.3 is 5.73 Å². The normalized spacial score (nSPS) is 14.3. The lowest BCUT2D eigenvalue weighted by molar-refractivity contribution is -0.675. The zero-order chi connectivity index (χ0) is 14.2. The summed E-state index contributed by atoms with van der Waals surface area (Å²) >= 11 is 1.82. The molecule has 1 aliphatic carbocycles. The van der Waals surface area contributed by atoms with Gasteiger partial charge in [-0.15, -0.1) is 11.3 Å². The Bertz CT molecular complexity index is 793. The number of nitrogens with zero attached hydrogens (tertiary/aromatic N) is 2. The van der Waals surface area contributed by atoms with Crippen molar-refractivity contribution in [3.05, 3.63) is 52.7 Å². The number of anilines is 1. The van der Waals surface area contributed by atoms with Crippen molar-refractivity contribution in [1.82, 2.24) is 4.98 Å². The van der Waals surface area contributed by atoms with E-state index in [0.717, 1.165) is 23.6 Å². The predicted octanol–water partition coefficient (Wildman–Crippen LogP) is 3.09. The molecule has 1 aliphatic rings. The molecular formula is C17H18N3S+. The van der Waals surface area contributed by atoms with E-state index in [1.807, 2.05) is 23.7 Å². The van der Waals surface area contributed by atoms with Gasteiger partial charge in [0.05, 0.1) is 6.54 Å². The summed E-state index contributed by atoms with van der Waals surface area (Å²) in [6.45, 7) is 0.778. The van der Waals surface area contributed by atoms with Crippen LogP contribution in [-0.2, 0) is 19.4 Å². The molecule has 2 heterocycles. The molecule has 3 aromatic rings. The molecular weight excluding hydrogens is 278 g/mol. The van der Waals surface area contributed by atoms with Gasteiger partial charge in [0.2, 0.25) is 17.0 Å². The Kier molecular flexibility index (Phi) is 3.11. The first kappa shape index (κ1) is 12.8. The maximum absolute atomic E-state index is 6.46. The summed E-state index contributed by atoms with van der Waals surface area (Å²) in [7, 11) is 0. The molecule has 0 aliphatic heterocycles. The van der Waals surface area contributed by atoms with Gasteiger partial charge in [-0.2, -0.15) is 0 Å². The van der Waals surface area contributed by atoms with E-state index in [-0.39, 0.29) is 0 Å². The maximum Gasteiger partial charge on any atom is 0.231 e. The number of nitrogen functional groups attached to an aromatic ring is 1. The van der Waals surface area contributed by atoms with E-state index >= 15 is 0 Å². The number of aryl methyl sites for hydroxylation is 2. The van der Waals surface area contributed by atoms with Gasteiger partial charge in [-0.25, -0.2) is 4.57 Å². The zero-order valence-electron chi connectivity index (χ0n) is 11.9. The van der Waals surface area contributed by atoms with Gasteiger partial charge >= 0.3 is 0 Å². The topological polar surface area (TPSA) is 42.8 Å². The van der Waals surface area contributed by atoms with Crippen LogP contribution in [0.3, 0.4) is 0 Å². The minimum absolute atomic E-state index is 0.778. The van der Waals surface area contributed by atoms with E-state index in [1.165, 1.54) is 40.7 Å². The number of nitrogens with two attached hydrogens (primary N) is 1. The Hall–Kier alpha value is -1.94. The van der Waals surface area contributed by atoms with Crippen molar-refractivity contribution >= 4 is 27.4 Å². The highest BCUT2D eigenvalue weighted by molar-refractivity contribution is 7.18. The third-order valence-corrected chi connectivity index (χ3v) is 5.43. The van der Waals surface area contributed by atoms with E-state index < -0.39 is 0 Å². The Morgan fingerprint density at radius 3 is 2.81 bits per heavy atom. The van der Waals surface area contributed by atoms with Gasteiger partial charge in [-0.3, -0.25) is 0 Å². The first-order chi connectivity index (χ1) is 10.3. The molecule has 0 unspecified atom stereocenters. The fourth-order valence-corrected chi connectivity index (χ4v) is 4.38. The summed E-state index contributed by atoms with van der Waals surface area (Å²) in [5.74, 6) is 0.864. The van der Waals surface area contributed by atoms with Crippen molar-refractivity contribution in [2.24, 2.45) is 0 Å². The van der Waals surface area contributed by atoms with Gasteiger partial charge in [0.1, 0.15) is 5.39 Å². The second-order valence-corrected chi connectivity index (χ2v) is 6.72. The molecule has 0 spiro atoms. The van der Waals surface area contributed by atoms with Crippen molar-refractivity contribution in [3.8, 4) is 0 Å². The molecule has 0 radical (unpaired) electrons. The van der Waals surface area contributed by atoms with Crippen LogP contribution in [0.1, 0.15) is 28.8 Å². The van der Waals surface area contributed by atoms with E-state index in [9.17, 15) is 0 Å². The summed E-state index contributed by atoms with van der Waals surface area (Å²) in [4.78, 5) is 7.24. The Morgan fingerprint density at radius 2 is 1.95 bits per heavy atom. The van der Waals surface area contributed by atoms with Crippen LogP contribution in [0.5, 0.6) is 0 Å². The Labute approximate surface area is 128 Å². The maximum atomic E-state index is 6.46. The van der Waals surface area contributed by atoms with E-state index in [1.54, 1.807) is 0 Å². The average Bonchev–Trinajstić information content (AvgIpc) is 2.90. The number of hydrogen-bond donors (Lipinski definition) is 1. The van der Waals surface area contributed by atoms with Crippen molar-refractivity contribution in [2.75, 3.05) is 5.73 Å². The van der Waals surface area contributed by atoms with Crippen LogP contribution in [0.25, 0.3) is 10.2 Å². The number of thiophene rings is 1. The number of fused-ring (bicyclic) bond motifs is 3. The fraction of sp³-hybridized carbons (Fsp3) is 0.294. The number of hydrogen-bond acceptors (Lipinski definition) is 3. The molecule has 2 N–H and O–H groups in total. The molecule has 106 valence electrons. The summed E-state index contributed by atoms with van der Waals surface area (Å²) in [5.41, 5.74) is 9.17. The van der Waals surface area contributed by atoms with Gasteiger partial charge in [-0.05, 0) is 36.8 Å². The van der Waals surface area contributed by atoms with Crippen LogP contribution in [-0.4, -0.2) is 4.98 Å². The van der Waals surface area contributed by atoms with Crippen LogP contribution in [0.4, 0.5) is 5.82 Å². The number of rotatable bonds is 2. The lowest BCUT2D eigenvalue weighted by atomic mass is 9.97. The SMILES string of the molecule is Nc1c2c3c(sc2nc[n+]1Cc1ccccc1)CCCC3. The van der Waals surface area contributed by atoms with Gasteiger partial charge in [0.25, 0.3) is 0 Å². The lowest BCUT2D eigenvalue weighted by Gasteiger charge is -2.11. The van der Waals surface area contributed by atoms with Gasteiger partial charge in [-0.1, -0.05) is 35.3 Å². The highest BCUT2D eigenvalue weighted by atomic mass is 32.1. The summed E-state index contributed by atoms with van der Waals surface area (Å²) < 4.78 is 2.07. The number of aromatic nitrogens is 2. The second kappa shape index (κ2) is 5.11. The first-order valence-corrected chi connectivity index (χ1v) is 8.26. The van der Waals surface area contributed by atoms with Crippen LogP contribution in [0.2, 0.25) is 0 Å². The van der Waals surface area contributed by atoms with E-state index in [4.69, 9.17) is 5.73 Å². The predicted molar refractivity (Wildman–Crippen MR) is 86.4 cm³/mol. The Balaban J connectivity index is 1.82. The largest absolute Gasteiger partial charge is 0.318 e. The zero-order valence-corrected chi connectivity index (χ0v) is 12.7. The summed E-state index contributed by atoms with van der Waals surface area (Å²) in [6, 6.07) is 10.4. The minimum atomic E-state index is 0.778. The lowest BCUT2D eigenvalue weighted by Crippen LogP contribution is -2.38. The highest BCUT2D eigenvalue weighted by Crippen LogP contribution is 2.36. The van der Waals surface area contributed by atoms with Crippen LogP contribution < -0.4 is 10.3 Å². The molecule has 1 aromatic carbocycles. The second-order valence-electron chi connectivity index (χ2n) is 5.63. The third-order valence-electron chi connectivity index (χ3n) is 4.23. The molecule has 0 atom stereocenters. The standard InChI is InChI=1S/C17H17N3S/c18-16-15-13-8-4-5-9-14(13)21-17(15)19-11-20(16)10-12-6-2-1-3-7-12/h1-3,6-7,11,18H,4-5,8-10H2/p+1. The van der Waals surface area contributed by atoms with Crippen molar-refractivity contribution in [1.29, 1.82) is 0 Å². The third kappa shape index (κ3) is 2.20. The molecule has 0 amide bonds. The van der Waals surface area contributed by atoms with Crippen molar-refractivity contribution in [2.45, 2.75) is 32.2 Å². The Morgan fingerprint density at radius 1 is 1.14 bits per heavy atom. The molecule has 0 saturated carbocycles.